The van der Waals surface area contributed by atoms with Gasteiger partial charge in [-0.25, -0.2) is 0 Å². The Morgan fingerprint density at radius 2 is 1.73 bits per heavy atom. The molecule has 0 N–H and O–H groups in total. The fourth-order valence-electron chi connectivity index (χ4n) is 2.18. The van der Waals surface area contributed by atoms with E-state index in [4.69, 9.17) is 4.74 Å². The summed E-state index contributed by atoms with van der Waals surface area (Å²) in [5.41, 5.74) is 1.38. The van der Waals surface area contributed by atoms with Crippen LogP contribution in [0.4, 0.5) is 0 Å². The van der Waals surface area contributed by atoms with E-state index < -0.39 is 0 Å². The SMILES string of the molecule is CCc1ccc(OC2CCCCC2)cc1. The van der Waals surface area contributed by atoms with Gasteiger partial charge in [0.2, 0.25) is 0 Å². The van der Waals surface area contributed by atoms with Gasteiger partial charge in [-0.2, -0.15) is 0 Å². The third-order valence-electron chi connectivity index (χ3n) is 3.19. The van der Waals surface area contributed by atoms with Crippen molar-refractivity contribution in [3.05, 3.63) is 29.8 Å². The van der Waals surface area contributed by atoms with Crippen molar-refractivity contribution in [2.45, 2.75) is 51.6 Å². The Kier molecular flexibility index (Phi) is 3.65. The van der Waals surface area contributed by atoms with Gasteiger partial charge >= 0.3 is 0 Å². The Bertz CT molecular complexity index is 283. The van der Waals surface area contributed by atoms with Gasteiger partial charge in [-0.1, -0.05) is 25.5 Å². The number of aryl methyl sites for hydroxylation is 1. The Morgan fingerprint density at radius 1 is 1.07 bits per heavy atom. The van der Waals surface area contributed by atoms with Crippen LogP contribution in [0.3, 0.4) is 0 Å². The minimum atomic E-state index is 0.464. The number of hydrogen-bond donors (Lipinski definition) is 0. The first-order valence-electron chi connectivity index (χ1n) is 6.14. The largest absolute Gasteiger partial charge is 0.490 e. The fraction of sp³-hybridized carbons (Fsp3) is 0.571. The molecular weight excluding hydrogens is 184 g/mol. The highest BCUT2D eigenvalue weighted by Gasteiger charge is 2.14. The highest BCUT2D eigenvalue weighted by atomic mass is 16.5. The van der Waals surface area contributed by atoms with E-state index in [1.807, 2.05) is 0 Å². The van der Waals surface area contributed by atoms with Crippen molar-refractivity contribution in [3.8, 4) is 5.75 Å². The second kappa shape index (κ2) is 5.20. The summed E-state index contributed by atoms with van der Waals surface area (Å²) in [6.07, 6.45) is 8.07. The molecule has 1 aliphatic rings. The van der Waals surface area contributed by atoms with E-state index in [0.717, 1.165) is 12.2 Å². The molecule has 0 spiro atoms. The van der Waals surface area contributed by atoms with Gasteiger partial charge in [-0.3, -0.25) is 0 Å². The van der Waals surface area contributed by atoms with Crippen LogP contribution in [0, 0.1) is 0 Å². The van der Waals surface area contributed by atoms with Crippen molar-refractivity contribution < 1.29 is 4.74 Å². The van der Waals surface area contributed by atoms with Crippen LogP contribution >= 0.6 is 0 Å². The van der Waals surface area contributed by atoms with Gasteiger partial charge < -0.3 is 4.74 Å². The summed E-state index contributed by atoms with van der Waals surface area (Å²) in [6, 6.07) is 8.54. The molecular formula is C14H20O. The average molecular weight is 204 g/mol. The zero-order valence-electron chi connectivity index (χ0n) is 9.54. The zero-order valence-corrected chi connectivity index (χ0v) is 9.54. The average Bonchev–Trinajstić information content (AvgIpc) is 2.31. The quantitative estimate of drug-likeness (QED) is 0.724. The monoisotopic (exact) mass is 204 g/mol. The number of hydrogen-bond acceptors (Lipinski definition) is 1. The van der Waals surface area contributed by atoms with Crippen LogP contribution < -0.4 is 4.74 Å². The molecule has 1 heteroatoms. The molecule has 0 bridgehead atoms. The van der Waals surface area contributed by atoms with Gasteiger partial charge in [0.1, 0.15) is 5.75 Å². The predicted molar refractivity (Wildman–Crippen MR) is 63.3 cm³/mol. The molecule has 0 radical (unpaired) electrons. The topological polar surface area (TPSA) is 9.23 Å². The minimum Gasteiger partial charge on any atom is -0.490 e. The van der Waals surface area contributed by atoms with E-state index in [1.165, 1.54) is 37.7 Å². The molecule has 0 amide bonds. The fourth-order valence-corrected chi connectivity index (χ4v) is 2.18. The van der Waals surface area contributed by atoms with Gasteiger partial charge in [-0.05, 0) is 49.8 Å². The third kappa shape index (κ3) is 2.98. The third-order valence-corrected chi connectivity index (χ3v) is 3.19. The second-order valence-corrected chi connectivity index (χ2v) is 4.38. The van der Waals surface area contributed by atoms with Crippen LogP contribution in [0.2, 0.25) is 0 Å². The maximum atomic E-state index is 5.95. The Labute approximate surface area is 92.5 Å². The van der Waals surface area contributed by atoms with Gasteiger partial charge in [0.15, 0.2) is 0 Å². The van der Waals surface area contributed by atoms with Crippen LogP contribution in [0.1, 0.15) is 44.6 Å². The van der Waals surface area contributed by atoms with Gasteiger partial charge in [0, 0.05) is 0 Å². The molecule has 1 saturated carbocycles. The molecule has 1 aromatic rings. The summed E-state index contributed by atoms with van der Waals surface area (Å²) >= 11 is 0. The van der Waals surface area contributed by atoms with Gasteiger partial charge in [0.05, 0.1) is 6.10 Å². The Balaban J connectivity index is 1.91. The minimum absolute atomic E-state index is 0.464. The number of benzene rings is 1. The molecule has 1 nitrogen and oxygen atoms in total. The first-order chi connectivity index (χ1) is 7.38. The maximum Gasteiger partial charge on any atom is 0.119 e. The van der Waals surface area contributed by atoms with Crippen LogP contribution in [0.15, 0.2) is 24.3 Å². The molecule has 1 aromatic carbocycles. The summed E-state index contributed by atoms with van der Waals surface area (Å²) in [4.78, 5) is 0. The number of rotatable bonds is 3. The van der Waals surface area contributed by atoms with E-state index in [-0.39, 0.29) is 0 Å². The Hall–Kier alpha value is -0.980. The highest BCUT2D eigenvalue weighted by molar-refractivity contribution is 5.27. The lowest BCUT2D eigenvalue weighted by atomic mass is 9.98. The molecule has 0 heterocycles. The number of ether oxygens (including phenoxy) is 1. The Morgan fingerprint density at radius 3 is 2.33 bits per heavy atom. The van der Waals surface area contributed by atoms with E-state index >= 15 is 0 Å². The van der Waals surface area contributed by atoms with Crippen molar-refractivity contribution in [1.82, 2.24) is 0 Å². The van der Waals surface area contributed by atoms with Crippen LogP contribution in [0.25, 0.3) is 0 Å². The van der Waals surface area contributed by atoms with Crippen LogP contribution in [-0.2, 0) is 6.42 Å². The van der Waals surface area contributed by atoms with Crippen LogP contribution in [-0.4, -0.2) is 6.10 Å². The summed E-state index contributed by atoms with van der Waals surface area (Å²) in [5.74, 6) is 1.04. The molecule has 0 unspecified atom stereocenters. The van der Waals surface area contributed by atoms with Crippen LogP contribution in [0.5, 0.6) is 5.75 Å². The standard InChI is InChI=1S/C14H20O/c1-2-12-8-10-14(11-9-12)15-13-6-4-3-5-7-13/h8-11,13H,2-7H2,1H3. The summed E-state index contributed by atoms with van der Waals surface area (Å²) in [7, 11) is 0. The van der Waals surface area contributed by atoms with E-state index in [1.54, 1.807) is 0 Å². The molecule has 82 valence electrons. The second-order valence-electron chi connectivity index (χ2n) is 4.38. The van der Waals surface area contributed by atoms with Crippen molar-refractivity contribution >= 4 is 0 Å². The molecule has 1 fully saturated rings. The lowest BCUT2D eigenvalue weighted by Crippen LogP contribution is -2.19. The summed E-state index contributed by atoms with van der Waals surface area (Å²) in [5, 5.41) is 0. The zero-order chi connectivity index (χ0) is 10.5. The van der Waals surface area contributed by atoms with Gasteiger partial charge in [-0.15, -0.1) is 0 Å². The van der Waals surface area contributed by atoms with Crippen molar-refractivity contribution in [2.24, 2.45) is 0 Å². The smallest absolute Gasteiger partial charge is 0.119 e. The van der Waals surface area contributed by atoms with Gasteiger partial charge in [0.25, 0.3) is 0 Å². The molecule has 0 aliphatic heterocycles. The van der Waals surface area contributed by atoms with E-state index in [2.05, 4.69) is 31.2 Å². The molecule has 15 heavy (non-hydrogen) atoms. The lowest BCUT2D eigenvalue weighted by Gasteiger charge is -2.23. The van der Waals surface area contributed by atoms with E-state index in [9.17, 15) is 0 Å². The van der Waals surface area contributed by atoms with E-state index in [0.29, 0.717) is 6.10 Å². The highest BCUT2D eigenvalue weighted by Crippen LogP contribution is 2.23. The normalized spacial score (nSPS) is 17.7. The predicted octanol–water partition coefficient (Wildman–Crippen LogP) is 3.96. The molecule has 2 rings (SSSR count). The van der Waals surface area contributed by atoms with Crippen molar-refractivity contribution in [1.29, 1.82) is 0 Å². The molecule has 1 aliphatic carbocycles. The van der Waals surface area contributed by atoms with Crippen molar-refractivity contribution in [3.63, 3.8) is 0 Å². The summed E-state index contributed by atoms with van der Waals surface area (Å²) in [6.45, 7) is 2.18. The first kappa shape index (κ1) is 10.5. The molecule has 0 aromatic heterocycles. The summed E-state index contributed by atoms with van der Waals surface area (Å²) < 4.78 is 5.95. The lowest BCUT2D eigenvalue weighted by molar-refractivity contribution is 0.155. The molecule has 0 saturated heterocycles. The first-order valence-corrected chi connectivity index (χ1v) is 6.14. The van der Waals surface area contributed by atoms with Crippen molar-refractivity contribution in [2.75, 3.05) is 0 Å². The molecule has 0 atom stereocenters. The maximum absolute atomic E-state index is 5.95.